The second kappa shape index (κ2) is 6.36. The quantitative estimate of drug-likeness (QED) is 0.719. The van der Waals surface area contributed by atoms with E-state index in [1.165, 1.54) is 0 Å². The Hall–Kier alpha value is -0.610. The lowest BCUT2D eigenvalue weighted by molar-refractivity contribution is -0.137. The molecule has 0 radical (unpaired) electrons. The van der Waals surface area contributed by atoms with Crippen LogP contribution in [0.25, 0.3) is 0 Å². The van der Waals surface area contributed by atoms with Gasteiger partial charge in [-0.2, -0.15) is 0 Å². The molecule has 4 nitrogen and oxygen atoms in total. The highest BCUT2D eigenvalue weighted by molar-refractivity contribution is 5.66. The van der Waals surface area contributed by atoms with E-state index in [1.54, 1.807) is 0 Å². The number of unbranched alkanes of at least 4 members (excludes halogenated alkanes) is 2. The topological polar surface area (TPSA) is 43.8 Å². The molecule has 0 aromatic heterocycles. The Labute approximate surface area is 105 Å². The minimum Gasteiger partial charge on any atom is -0.481 e. The van der Waals surface area contributed by atoms with Crippen LogP contribution in [0.1, 0.15) is 39.5 Å². The lowest BCUT2D eigenvalue weighted by atomic mass is 9.99. The Morgan fingerprint density at radius 3 is 2.53 bits per heavy atom. The first-order valence-electron chi connectivity index (χ1n) is 6.57. The molecule has 17 heavy (non-hydrogen) atoms. The molecule has 1 N–H and O–H groups in total. The van der Waals surface area contributed by atoms with E-state index in [4.69, 9.17) is 5.11 Å². The van der Waals surface area contributed by atoms with Crippen LogP contribution in [-0.2, 0) is 4.79 Å². The molecule has 0 bridgehead atoms. The van der Waals surface area contributed by atoms with Crippen molar-refractivity contribution in [3.63, 3.8) is 0 Å². The van der Waals surface area contributed by atoms with Gasteiger partial charge in [-0.15, -0.1) is 0 Å². The maximum absolute atomic E-state index is 10.4. The number of carbonyl (C=O) groups is 1. The third-order valence-corrected chi connectivity index (χ3v) is 3.76. The molecular formula is C13H26N2O2. The summed E-state index contributed by atoms with van der Waals surface area (Å²) in [7, 11) is 2.18. The summed E-state index contributed by atoms with van der Waals surface area (Å²) in [4.78, 5) is 15.3. The number of hydrogen-bond donors (Lipinski definition) is 1. The van der Waals surface area contributed by atoms with Gasteiger partial charge in [-0.1, -0.05) is 6.42 Å². The molecule has 4 heteroatoms. The molecule has 1 aliphatic rings. The zero-order chi connectivity index (χ0) is 12.9. The fourth-order valence-electron chi connectivity index (χ4n) is 2.32. The van der Waals surface area contributed by atoms with Crippen molar-refractivity contribution in [2.24, 2.45) is 0 Å². The molecule has 1 rings (SSSR count). The number of hydrogen-bond acceptors (Lipinski definition) is 3. The van der Waals surface area contributed by atoms with Gasteiger partial charge in [0.2, 0.25) is 0 Å². The van der Waals surface area contributed by atoms with E-state index >= 15 is 0 Å². The number of carboxylic acids is 1. The molecule has 0 aromatic rings. The number of rotatable bonds is 6. The van der Waals surface area contributed by atoms with Crippen molar-refractivity contribution in [3.8, 4) is 0 Å². The lowest BCUT2D eigenvalue weighted by Gasteiger charge is -2.45. The van der Waals surface area contributed by atoms with Crippen LogP contribution in [0.5, 0.6) is 0 Å². The predicted octanol–water partition coefficient (Wildman–Crippen LogP) is 1.66. The highest BCUT2D eigenvalue weighted by Crippen LogP contribution is 2.19. The second-order valence-electron chi connectivity index (χ2n) is 5.71. The largest absolute Gasteiger partial charge is 0.481 e. The van der Waals surface area contributed by atoms with Crippen molar-refractivity contribution in [2.45, 2.75) is 45.1 Å². The van der Waals surface area contributed by atoms with Crippen LogP contribution >= 0.6 is 0 Å². The van der Waals surface area contributed by atoms with Gasteiger partial charge in [-0.3, -0.25) is 9.69 Å². The third kappa shape index (κ3) is 5.04. The summed E-state index contributed by atoms with van der Waals surface area (Å²) in [6.07, 6.45) is 3.27. The predicted molar refractivity (Wildman–Crippen MR) is 69.3 cm³/mol. The van der Waals surface area contributed by atoms with Crippen molar-refractivity contribution in [1.29, 1.82) is 0 Å². The molecule has 0 unspecified atom stereocenters. The van der Waals surface area contributed by atoms with E-state index in [2.05, 4.69) is 30.7 Å². The van der Waals surface area contributed by atoms with Crippen LogP contribution in [0, 0.1) is 0 Å². The summed E-state index contributed by atoms with van der Waals surface area (Å²) in [5.41, 5.74) is 0.263. The minimum atomic E-state index is -0.675. The standard InChI is InChI=1S/C13H26N2O2/c1-13(2)11-15(10-9-14(13)3)8-6-4-5-7-12(16)17/h4-11H2,1-3H3,(H,16,17). The van der Waals surface area contributed by atoms with Gasteiger partial charge >= 0.3 is 5.97 Å². The number of nitrogens with zero attached hydrogens (tertiary/aromatic N) is 2. The molecule has 1 fully saturated rings. The zero-order valence-electron chi connectivity index (χ0n) is 11.4. The first-order chi connectivity index (χ1) is 7.92. The molecule has 1 heterocycles. The van der Waals surface area contributed by atoms with Crippen LogP contribution in [0.3, 0.4) is 0 Å². The van der Waals surface area contributed by atoms with Crippen molar-refractivity contribution in [1.82, 2.24) is 9.80 Å². The fourth-order valence-corrected chi connectivity index (χ4v) is 2.32. The molecule has 0 atom stereocenters. The summed E-state index contributed by atoms with van der Waals surface area (Å²) < 4.78 is 0. The van der Waals surface area contributed by atoms with E-state index in [1.807, 2.05) is 0 Å². The van der Waals surface area contributed by atoms with Gasteiger partial charge in [0.25, 0.3) is 0 Å². The highest BCUT2D eigenvalue weighted by atomic mass is 16.4. The Kier molecular flexibility index (Phi) is 5.40. The molecular weight excluding hydrogens is 216 g/mol. The van der Waals surface area contributed by atoms with Crippen molar-refractivity contribution >= 4 is 5.97 Å². The van der Waals surface area contributed by atoms with Crippen molar-refractivity contribution in [3.05, 3.63) is 0 Å². The lowest BCUT2D eigenvalue weighted by Crippen LogP contribution is -2.57. The van der Waals surface area contributed by atoms with E-state index in [9.17, 15) is 4.79 Å². The van der Waals surface area contributed by atoms with Crippen molar-refractivity contribution < 1.29 is 9.90 Å². The Balaban J connectivity index is 2.14. The van der Waals surface area contributed by atoms with E-state index < -0.39 is 5.97 Å². The van der Waals surface area contributed by atoms with Gasteiger partial charge in [0, 0.05) is 31.6 Å². The molecule has 0 aliphatic carbocycles. The monoisotopic (exact) mass is 242 g/mol. The smallest absolute Gasteiger partial charge is 0.303 e. The maximum atomic E-state index is 10.4. The summed E-state index contributed by atoms with van der Waals surface area (Å²) in [5.74, 6) is -0.675. The molecule has 1 aliphatic heterocycles. The fraction of sp³-hybridized carbons (Fsp3) is 0.923. The number of aliphatic carboxylic acids is 1. The molecule has 100 valence electrons. The van der Waals surface area contributed by atoms with Gasteiger partial charge in [-0.05, 0) is 40.3 Å². The van der Waals surface area contributed by atoms with Gasteiger partial charge in [0.1, 0.15) is 0 Å². The van der Waals surface area contributed by atoms with Gasteiger partial charge in [0.05, 0.1) is 0 Å². The average Bonchev–Trinajstić information content (AvgIpc) is 2.22. The van der Waals surface area contributed by atoms with Crippen LogP contribution in [0.2, 0.25) is 0 Å². The maximum Gasteiger partial charge on any atom is 0.303 e. The average molecular weight is 242 g/mol. The third-order valence-electron chi connectivity index (χ3n) is 3.76. The van der Waals surface area contributed by atoms with Crippen LogP contribution in [-0.4, -0.2) is 59.6 Å². The molecule has 0 amide bonds. The number of likely N-dealkylation sites (N-methyl/N-ethyl adjacent to an activating group) is 1. The summed E-state index contributed by atoms with van der Waals surface area (Å²) in [6, 6.07) is 0. The molecule has 0 aromatic carbocycles. The highest BCUT2D eigenvalue weighted by Gasteiger charge is 2.30. The van der Waals surface area contributed by atoms with E-state index in [0.717, 1.165) is 45.4 Å². The van der Waals surface area contributed by atoms with Gasteiger partial charge < -0.3 is 10.0 Å². The molecule has 0 saturated carbocycles. The minimum absolute atomic E-state index is 0.263. The Bertz CT molecular complexity index is 254. The first kappa shape index (κ1) is 14.5. The van der Waals surface area contributed by atoms with Crippen LogP contribution < -0.4 is 0 Å². The van der Waals surface area contributed by atoms with Crippen molar-refractivity contribution in [2.75, 3.05) is 33.2 Å². The summed E-state index contributed by atoms with van der Waals surface area (Å²) in [5, 5.41) is 8.54. The summed E-state index contributed by atoms with van der Waals surface area (Å²) in [6.45, 7) is 9.05. The summed E-state index contributed by atoms with van der Waals surface area (Å²) >= 11 is 0. The van der Waals surface area contributed by atoms with Crippen LogP contribution in [0.15, 0.2) is 0 Å². The molecule has 1 saturated heterocycles. The second-order valence-corrected chi connectivity index (χ2v) is 5.71. The Morgan fingerprint density at radius 2 is 1.94 bits per heavy atom. The van der Waals surface area contributed by atoms with Gasteiger partial charge in [0.15, 0.2) is 0 Å². The normalized spacial score (nSPS) is 21.6. The van der Waals surface area contributed by atoms with E-state index in [-0.39, 0.29) is 5.54 Å². The van der Waals surface area contributed by atoms with E-state index in [0.29, 0.717) is 6.42 Å². The zero-order valence-corrected chi connectivity index (χ0v) is 11.4. The van der Waals surface area contributed by atoms with Gasteiger partial charge in [-0.25, -0.2) is 0 Å². The van der Waals surface area contributed by atoms with Crippen LogP contribution in [0.4, 0.5) is 0 Å². The number of piperazine rings is 1. The molecule has 0 spiro atoms. The number of carboxylic acid groups (broad SMARTS) is 1. The first-order valence-corrected chi connectivity index (χ1v) is 6.57. The SMILES string of the molecule is CN1CCN(CCCCCC(=O)O)CC1(C)C. The Morgan fingerprint density at radius 1 is 1.24 bits per heavy atom.